The van der Waals surface area contributed by atoms with E-state index in [4.69, 9.17) is 0 Å². The van der Waals surface area contributed by atoms with E-state index in [2.05, 4.69) is 23.0 Å². The van der Waals surface area contributed by atoms with Crippen LogP contribution in [0.5, 0.6) is 0 Å². The first-order valence-electron chi connectivity index (χ1n) is 2.08. The molecule has 0 unspecified atom stereocenters. The van der Waals surface area contributed by atoms with Crippen LogP contribution in [0, 0.1) is 0 Å². The highest BCUT2D eigenvalue weighted by Crippen LogP contribution is 1.63. The van der Waals surface area contributed by atoms with Crippen molar-refractivity contribution in [1.82, 2.24) is 5.48 Å². The molecule has 0 aliphatic carbocycles. The van der Waals surface area contributed by atoms with Crippen LogP contribution in [0.4, 0.5) is 0 Å². The molecule has 0 bridgehead atoms. The molecule has 0 aliphatic rings. The van der Waals surface area contributed by atoms with E-state index in [1.165, 1.54) is 0 Å². The summed E-state index contributed by atoms with van der Waals surface area (Å²) in [4.78, 5) is 4.53. The molecule has 3 nitrogen and oxygen atoms in total. The summed E-state index contributed by atoms with van der Waals surface area (Å²) in [5.74, 6) is 0. The van der Waals surface area contributed by atoms with Crippen LogP contribution >= 0.6 is 0 Å². The molecule has 0 fully saturated rings. The fourth-order valence-electron chi connectivity index (χ4n) is 0.178. The molecule has 0 spiro atoms. The predicted molar refractivity (Wildman–Crippen MR) is 26.5 cm³/mol. The molecule has 0 rings (SSSR count). The largest absolute Gasteiger partial charge is 0.426 e. The zero-order chi connectivity index (χ0) is 5.54. The summed E-state index contributed by atoms with van der Waals surface area (Å²) < 4.78 is 4.06. The first-order chi connectivity index (χ1) is 3.41. The standard InChI is InChI=1S/C3H8BNO2/c1-2-5-7-3-6-4/h5H,2-3H2,1H3. The molecule has 0 aliphatic heterocycles. The summed E-state index contributed by atoms with van der Waals surface area (Å²) in [6, 6.07) is 0. The average Bonchev–Trinajstić information content (AvgIpc) is 1.69. The lowest BCUT2D eigenvalue weighted by Crippen LogP contribution is -2.14. The van der Waals surface area contributed by atoms with Gasteiger partial charge < -0.3 is 4.65 Å². The van der Waals surface area contributed by atoms with Gasteiger partial charge in [-0.05, 0) is 0 Å². The Hall–Kier alpha value is -0.0551. The zero-order valence-electron chi connectivity index (χ0n) is 4.31. The van der Waals surface area contributed by atoms with Gasteiger partial charge in [0.05, 0.1) is 0 Å². The van der Waals surface area contributed by atoms with Crippen LogP contribution in [0.25, 0.3) is 0 Å². The molecule has 0 atom stereocenters. The maximum atomic E-state index is 4.60. The first kappa shape index (κ1) is 6.94. The smallest absolute Gasteiger partial charge is 0.285 e. The zero-order valence-corrected chi connectivity index (χ0v) is 4.31. The monoisotopic (exact) mass is 101 g/mol. The molecule has 2 radical (unpaired) electrons. The summed E-state index contributed by atoms with van der Waals surface area (Å²) in [6.07, 6.45) is 0. The number of rotatable bonds is 4. The highest BCUT2D eigenvalue weighted by molar-refractivity contribution is 5.97. The van der Waals surface area contributed by atoms with Crippen LogP contribution in [0.2, 0.25) is 0 Å². The molecule has 40 valence electrons. The Kier molecular flexibility index (Phi) is 5.90. The minimum absolute atomic E-state index is 0.0911. The Morgan fingerprint density at radius 3 is 2.86 bits per heavy atom. The van der Waals surface area contributed by atoms with Crippen LogP contribution < -0.4 is 5.48 Å². The highest BCUT2D eigenvalue weighted by atomic mass is 16.7. The lowest BCUT2D eigenvalue weighted by atomic mass is 10.6. The van der Waals surface area contributed by atoms with E-state index in [1.54, 1.807) is 0 Å². The molecule has 1 N–H and O–H groups in total. The van der Waals surface area contributed by atoms with Crippen LogP contribution in [-0.2, 0) is 9.49 Å². The van der Waals surface area contributed by atoms with Crippen LogP contribution in [0.1, 0.15) is 6.92 Å². The number of hydrogen-bond donors (Lipinski definition) is 1. The average molecular weight is 101 g/mol. The van der Waals surface area contributed by atoms with Gasteiger partial charge in [-0.3, -0.25) is 4.84 Å². The molecule has 0 heterocycles. The van der Waals surface area contributed by atoms with Gasteiger partial charge in [-0.1, -0.05) is 6.92 Å². The maximum absolute atomic E-state index is 4.60. The Morgan fingerprint density at radius 2 is 2.43 bits per heavy atom. The van der Waals surface area contributed by atoms with Gasteiger partial charge in [0.1, 0.15) is 0 Å². The van der Waals surface area contributed by atoms with Gasteiger partial charge in [0.2, 0.25) is 0 Å². The molecule has 0 amide bonds. The van der Waals surface area contributed by atoms with E-state index in [9.17, 15) is 0 Å². The second kappa shape index (κ2) is 5.94. The number of hydrogen-bond acceptors (Lipinski definition) is 3. The summed E-state index contributed by atoms with van der Waals surface area (Å²) in [5.41, 5.74) is 2.54. The molecule has 4 heteroatoms. The maximum Gasteiger partial charge on any atom is 0.285 e. The number of nitrogens with one attached hydrogen (secondary N) is 1. The van der Waals surface area contributed by atoms with Crippen molar-refractivity contribution >= 4 is 8.05 Å². The van der Waals surface area contributed by atoms with Gasteiger partial charge in [0.25, 0.3) is 8.05 Å². The third-order valence-corrected chi connectivity index (χ3v) is 0.373. The van der Waals surface area contributed by atoms with Crippen LogP contribution in [0.3, 0.4) is 0 Å². The lowest BCUT2D eigenvalue weighted by Gasteiger charge is -1.98. The molecule has 0 aromatic heterocycles. The molecule has 0 aromatic rings. The van der Waals surface area contributed by atoms with E-state index < -0.39 is 0 Å². The minimum atomic E-state index is 0.0911. The van der Waals surface area contributed by atoms with Gasteiger partial charge in [0, 0.05) is 6.54 Å². The fourth-order valence-corrected chi connectivity index (χ4v) is 0.178. The van der Waals surface area contributed by atoms with E-state index in [0.29, 0.717) is 0 Å². The van der Waals surface area contributed by atoms with Crippen molar-refractivity contribution in [2.24, 2.45) is 0 Å². The van der Waals surface area contributed by atoms with E-state index in [1.807, 2.05) is 6.92 Å². The second-order valence-electron chi connectivity index (χ2n) is 0.927. The van der Waals surface area contributed by atoms with Gasteiger partial charge >= 0.3 is 0 Å². The molecular formula is C3H8BNO2. The summed E-state index contributed by atoms with van der Waals surface area (Å²) >= 11 is 0. The lowest BCUT2D eigenvalue weighted by molar-refractivity contribution is -0.0419. The van der Waals surface area contributed by atoms with Gasteiger partial charge in [0.15, 0.2) is 6.79 Å². The van der Waals surface area contributed by atoms with Crippen molar-refractivity contribution in [3.63, 3.8) is 0 Å². The van der Waals surface area contributed by atoms with Crippen molar-refractivity contribution in [3.05, 3.63) is 0 Å². The third kappa shape index (κ3) is 5.94. The van der Waals surface area contributed by atoms with Crippen molar-refractivity contribution in [2.45, 2.75) is 6.92 Å². The molecule has 0 saturated heterocycles. The Bertz CT molecular complexity index is 32.1. The fraction of sp³-hybridized carbons (Fsp3) is 1.00. The van der Waals surface area contributed by atoms with Crippen molar-refractivity contribution in [2.75, 3.05) is 13.3 Å². The Morgan fingerprint density at radius 1 is 1.71 bits per heavy atom. The van der Waals surface area contributed by atoms with Crippen molar-refractivity contribution in [1.29, 1.82) is 0 Å². The summed E-state index contributed by atoms with van der Waals surface area (Å²) in [5, 5.41) is 0. The predicted octanol–water partition coefficient (Wildman–Crippen LogP) is -0.415. The second-order valence-corrected chi connectivity index (χ2v) is 0.927. The Balaban J connectivity index is 2.45. The first-order valence-corrected chi connectivity index (χ1v) is 2.08. The summed E-state index contributed by atoms with van der Waals surface area (Å²) in [7, 11) is 4.60. The number of hydroxylamine groups is 1. The SMILES string of the molecule is [B]OCONCC. The van der Waals surface area contributed by atoms with Crippen LogP contribution in [-0.4, -0.2) is 21.4 Å². The normalized spacial score (nSPS) is 9.29. The molecule has 0 saturated carbocycles. The van der Waals surface area contributed by atoms with Gasteiger partial charge in [-0.15, -0.1) is 0 Å². The van der Waals surface area contributed by atoms with Crippen LogP contribution in [0.15, 0.2) is 0 Å². The van der Waals surface area contributed by atoms with Gasteiger partial charge in [-0.25, -0.2) is 5.48 Å². The van der Waals surface area contributed by atoms with Crippen molar-refractivity contribution in [3.8, 4) is 0 Å². The van der Waals surface area contributed by atoms with E-state index in [0.717, 1.165) is 6.54 Å². The topological polar surface area (TPSA) is 30.5 Å². The van der Waals surface area contributed by atoms with Crippen molar-refractivity contribution < 1.29 is 9.49 Å². The summed E-state index contributed by atoms with van der Waals surface area (Å²) in [6.45, 7) is 2.76. The molecule has 0 aromatic carbocycles. The highest BCUT2D eigenvalue weighted by Gasteiger charge is 1.75. The molecular weight excluding hydrogens is 92.8 g/mol. The molecule has 7 heavy (non-hydrogen) atoms. The van der Waals surface area contributed by atoms with Gasteiger partial charge in [-0.2, -0.15) is 0 Å². The Labute approximate surface area is 44.4 Å². The quantitative estimate of drug-likeness (QED) is 0.226. The third-order valence-electron chi connectivity index (χ3n) is 0.373. The minimum Gasteiger partial charge on any atom is -0.426 e. The van der Waals surface area contributed by atoms with E-state index >= 15 is 0 Å². The van der Waals surface area contributed by atoms with E-state index in [-0.39, 0.29) is 6.79 Å².